The van der Waals surface area contributed by atoms with E-state index in [1.165, 1.54) is 11.1 Å². The van der Waals surface area contributed by atoms with Gasteiger partial charge in [0.05, 0.1) is 0 Å². The molecule has 0 saturated carbocycles. The summed E-state index contributed by atoms with van der Waals surface area (Å²) in [5.41, 5.74) is 11.3. The number of anilines is 2. The predicted octanol–water partition coefficient (Wildman–Crippen LogP) is 4.40. The van der Waals surface area contributed by atoms with Crippen molar-refractivity contribution in [2.45, 2.75) is 18.7 Å². The van der Waals surface area contributed by atoms with Crippen LogP contribution in [0, 0.1) is 13.8 Å². The minimum absolute atomic E-state index is 0.419. The summed E-state index contributed by atoms with van der Waals surface area (Å²) in [5, 5.41) is 3.46. The Morgan fingerprint density at radius 3 is 2.55 bits per heavy atom. The van der Waals surface area contributed by atoms with Gasteiger partial charge in [-0.2, -0.15) is 0 Å². The molecule has 0 aromatic heterocycles. The lowest BCUT2D eigenvalue weighted by molar-refractivity contribution is 1.35. The molecule has 2 nitrogen and oxygen atoms in total. The summed E-state index contributed by atoms with van der Waals surface area (Å²) in [4.78, 5) is 1.51. The van der Waals surface area contributed by atoms with E-state index in [1.54, 1.807) is 11.8 Å². The lowest BCUT2D eigenvalue weighted by Crippen LogP contribution is -2.13. The monoisotopic (exact) mass is 302 g/mol. The zero-order valence-corrected chi connectivity index (χ0v) is 13.5. The van der Waals surface area contributed by atoms with Gasteiger partial charge in [-0.1, -0.05) is 30.4 Å². The Kier molecular flexibility index (Phi) is 4.68. The number of hydrogen-bond acceptors (Lipinski definition) is 3. The van der Waals surface area contributed by atoms with Gasteiger partial charge in [-0.25, -0.2) is 0 Å². The number of hydrogen-bond donors (Lipinski definition) is 2. The maximum Gasteiger partial charge on any atom is 0.107 e. The number of rotatable bonds is 4. The maximum absolute atomic E-state index is 5.89. The normalized spacial score (nSPS) is 10.3. The average molecular weight is 302 g/mol. The Morgan fingerprint density at radius 2 is 1.90 bits per heavy atom. The van der Waals surface area contributed by atoms with Gasteiger partial charge in [0.2, 0.25) is 0 Å². The molecule has 0 fully saturated rings. The van der Waals surface area contributed by atoms with Crippen LogP contribution in [0.25, 0.3) is 0 Å². The highest BCUT2D eigenvalue weighted by molar-refractivity contribution is 7.98. The molecule has 0 aliphatic carbocycles. The third-order valence-corrected chi connectivity index (χ3v) is 4.14. The van der Waals surface area contributed by atoms with Crippen molar-refractivity contribution in [2.75, 3.05) is 11.6 Å². The molecule has 20 heavy (non-hydrogen) atoms. The molecular formula is C16H18N2S2. The number of aryl methyl sites for hydroxylation is 2. The van der Waals surface area contributed by atoms with Gasteiger partial charge in [0, 0.05) is 21.8 Å². The van der Waals surface area contributed by atoms with Crippen molar-refractivity contribution in [3.8, 4) is 0 Å². The molecule has 0 saturated heterocycles. The van der Waals surface area contributed by atoms with Gasteiger partial charge < -0.3 is 11.1 Å². The molecule has 0 atom stereocenters. The third-order valence-electron chi connectivity index (χ3n) is 3.15. The fourth-order valence-corrected chi connectivity index (χ4v) is 3.00. The third kappa shape index (κ3) is 3.14. The van der Waals surface area contributed by atoms with Crippen LogP contribution in [0.5, 0.6) is 0 Å². The van der Waals surface area contributed by atoms with Crippen molar-refractivity contribution >= 4 is 40.3 Å². The molecule has 0 spiro atoms. The lowest BCUT2D eigenvalue weighted by Gasteiger charge is -2.16. The second-order valence-corrected chi connectivity index (χ2v) is 5.98. The molecule has 0 aliphatic heterocycles. The van der Waals surface area contributed by atoms with E-state index in [0.29, 0.717) is 4.99 Å². The molecule has 104 valence electrons. The van der Waals surface area contributed by atoms with Crippen LogP contribution in [-0.2, 0) is 0 Å². The number of thiocarbonyl (C=S) groups is 1. The highest BCUT2D eigenvalue weighted by Crippen LogP contribution is 2.30. The number of nitrogens with one attached hydrogen (secondary N) is 1. The first-order valence-electron chi connectivity index (χ1n) is 6.34. The van der Waals surface area contributed by atoms with Crippen molar-refractivity contribution < 1.29 is 0 Å². The van der Waals surface area contributed by atoms with Crippen LogP contribution in [0.4, 0.5) is 11.4 Å². The standard InChI is InChI=1S/C16H18N2S2/c1-10-7-8-11(2)13(9-10)18-12-5-4-6-14(20-3)15(12)16(17)19/h4-9,18H,1-3H3,(H2,17,19). The molecule has 0 heterocycles. The largest absolute Gasteiger partial charge is 0.389 e. The Labute approximate surface area is 129 Å². The average Bonchev–Trinajstić information content (AvgIpc) is 2.42. The maximum atomic E-state index is 5.89. The zero-order valence-electron chi connectivity index (χ0n) is 11.9. The van der Waals surface area contributed by atoms with Crippen LogP contribution in [0.15, 0.2) is 41.3 Å². The summed E-state index contributed by atoms with van der Waals surface area (Å²) >= 11 is 6.85. The van der Waals surface area contributed by atoms with Crippen LogP contribution in [-0.4, -0.2) is 11.2 Å². The molecule has 2 aromatic rings. The van der Waals surface area contributed by atoms with Gasteiger partial charge in [0.25, 0.3) is 0 Å². The molecule has 3 N–H and O–H groups in total. The van der Waals surface area contributed by atoms with E-state index in [1.807, 2.05) is 24.5 Å². The van der Waals surface area contributed by atoms with Gasteiger partial charge >= 0.3 is 0 Å². The van der Waals surface area contributed by atoms with Crippen LogP contribution in [0.2, 0.25) is 0 Å². The van der Waals surface area contributed by atoms with Crippen molar-refractivity contribution in [3.05, 3.63) is 53.1 Å². The Bertz CT molecular complexity index is 651. The molecule has 0 radical (unpaired) electrons. The summed E-state index contributed by atoms with van der Waals surface area (Å²) in [6.45, 7) is 4.16. The van der Waals surface area contributed by atoms with Crippen LogP contribution >= 0.6 is 24.0 Å². The summed E-state index contributed by atoms with van der Waals surface area (Å²) in [6.07, 6.45) is 2.03. The van der Waals surface area contributed by atoms with E-state index in [9.17, 15) is 0 Å². The van der Waals surface area contributed by atoms with Crippen molar-refractivity contribution in [1.82, 2.24) is 0 Å². The molecule has 0 unspecified atom stereocenters. The summed E-state index contributed by atoms with van der Waals surface area (Å²) in [7, 11) is 0. The highest BCUT2D eigenvalue weighted by atomic mass is 32.2. The summed E-state index contributed by atoms with van der Waals surface area (Å²) in [5.74, 6) is 0. The highest BCUT2D eigenvalue weighted by Gasteiger charge is 2.11. The molecule has 0 bridgehead atoms. The smallest absolute Gasteiger partial charge is 0.107 e. The van der Waals surface area contributed by atoms with E-state index in [0.717, 1.165) is 21.8 Å². The number of benzene rings is 2. The van der Waals surface area contributed by atoms with E-state index in [-0.39, 0.29) is 0 Å². The Morgan fingerprint density at radius 1 is 1.15 bits per heavy atom. The zero-order chi connectivity index (χ0) is 14.7. The van der Waals surface area contributed by atoms with E-state index < -0.39 is 0 Å². The molecular weight excluding hydrogens is 284 g/mol. The van der Waals surface area contributed by atoms with E-state index >= 15 is 0 Å². The van der Waals surface area contributed by atoms with Gasteiger partial charge in [0.1, 0.15) is 4.99 Å². The second-order valence-electron chi connectivity index (χ2n) is 4.69. The number of nitrogens with two attached hydrogens (primary N) is 1. The van der Waals surface area contributed by atoms with Gasteiger partial charge in [0.15, 0.2) is 0 Å². The van der Waals surface area contributed by atoms with Crippen molar-refractivity contribution in [3.63, 3.8) is 0 Å². The SMILES string of the molecule is CSc1cccc(Nc2cc(C)ccc2C)c1C(N)=S. The molecule has 4 heteroatoms. The fourth-order valence-electron chi connectivity index (χ4n) is 2.08. The van der Waals surface area contributed by atoms with Gasteiger partial charge in [-0.15, -0.1) is 11.8 Å². The van der Waals surface area contributed by atoms with Crippen LogP contribution in [0.1, 0.15) is 16.7 Å². The number of thioether (sulfide) groups is 1. The quantitative estimate of drug-likeness (QED) is 0.648. The Balaban J connectivity index is 2.48. The first-order valence-corrected chi connectivity index (χ1v) is 7.97. The minimum Gasteiger partial charge on any atom is -0.389 e. The Hall–Kier alpha value is -1.52. The molecule has 2 rings (SSSR count). The first-order chi connectivity index (χ1) is 9.52. The topological polar surface area (TPSA) is 38.0 Å². The van der Waals surface area contributed by atoms with Gasteiger partial charge in [-0.3, -0.25) is 0 Å². The molecule has 2 aromatic carbocycles. The predicted molar refractivity (Wildman–Crippen MR) is 93.3 cm³/mol. The minimum atomic E-state index is 0.419. The van der Waals surface area contributed by atoms with Gasteiger partial charge in [-0.05, 0) is 49.4 Å². The van der Waals surface area contributed by atoms with Crippen LogP contribution in [0.3, 0.4) is 0 Å². The second kappa shape index (κ2) is 6.29. The van der Waals surface area contributed by atoms with E-state index in [2.05, 4.69) is 37.4 Å². The first kappa shape index (κ1) is 14.9. The van der Waals surface area contributed by atoms with Crippen molar-refractivity contribution in [2.24, 2.45) is 5.73 Å². The molecule has 0 amide bonds. The van der Waals surface area contributed by atoms with Crippen molar-refractivity contribution in [1.29, 1.82) is 0 Å². The van der Waals surface area contributed by atoms with E-state index in [4.69, 9.17) is 18.0 Å². The van der Waals surface area contributed by atoms with Crippen LogP contribution < -0.4 is 11.1 Å². The molecule has 0 aliphatic rings. The fraction of sp³-hybridized carbons (Fsp3) is 0.188. The summed E-state index contributed by atoms with van der Waals surface area (Å²) in [6, 6.07) is 12.4. The summed E-state index contributed by atoms with van der Waals surface area (Å²) < 4.78 is 0. The lowest BCUT2D eigenvalue weighted by atomic mass is 10.1.